The van der Waals surface area contributed by atoms with E-state index in [-0.39, 0.29) is 0 Å². The van der Waals surface area contributed by atoms with Crippen molar-refractivity contribution in [3.63, 3.8) is 0 Å². The zero-order valence-corrected chi connectivity index (χ0v) is 11.6. The van der Waals surface area contributed by atoms with Gasteiger partial charge in [-0.1, -0.05) is 12.1 Å². The summed E-state index contributed by atoms with van der Waals surface area (Å²) in [5.41, 5.74) is 2.52. The molecule has 0 fully saturated rings. The SMILES string of the molecule is Cc1c(F)cc(F)cc1Nc1ncnc2c(C)cccc12. The molecule has 3 nitrogen and oxygen atoms in total. The van der Waals surface area contributed by atoms with Gasteiger partial charge in [0.15, 0.2) is 0 Å². The largest absolute Gasteiger partial charge is 0.339 e. The molecule has 1 aromatic heterocycles. The number of para-hydroxylation sites is 1. The molecular weight excluding hydrogens is 272 g/mol. The Morgan fingerprint density at radius 1 is 1.05 bits per heavy atom. The predicted octanol–water partition coefficient (Wildman–Crippen LogP) is 4.27. The Hall–Kier alpha value is -2.56. The monoisotopic (exact) mass is 285 g/mol. The van der Waals surface area contributed by atoms with Crippen LogP contribution in [0.2, 0.25) is 0 Å². The second-order valence-electron chi connectivity index (χ2n) is 4.88. The van der Waals surface area contributed by atoms with E-state index >= 15 is 0 Å². The molecule has 0 saturated carbocycles. The maximum Gasteiger partial charge on any atom is 0.141 e. The number of aryl methyl sites for hydroxylation is 1. The lowest BCUT2D eigenvalue weighted by Gasteiger charge is -2.12. The molecular formula is C16H13F2N3. The van der Waals surface area contributed by atoms with Gasteiger partial charge in [0.1, 0.15) is 23.8 Å². The molecule has 0 radical (unpaired) electrons. The summed E-state index contributed by atoms with van der Waals surface area (Å²) in [7, 11) is 0. The number of anilines is 2. The average molecular weight is 285 g/mol. The first-order chi connectivity index (χ1) is 10.1. The third-order valence-corrected chi connectivity index (χ3v) is 3.43. The first-order valence-corrected chi connectivity index (χ1v) is 6.49. The van der Waals surface area contributed by atoms with E-state index < -0.39 is 11.6 Å². The van der Waals surface area contributed by atoms with E-state index in [0.717, 1.165) is 22.5 Å². The van der Waals surface area contributed by atoms with Crippen LogP contribution in [0.15, 0.2) is 36.7 Å². The van der Waals surface area contributed by atoms with Crippen LogP contribution in [0.3, 0.4) is 0 Å². The Morgan fingerprint density at radius 3 is 2.67 bits per heavy atom. The molecule has 106 valence electrons. The Kier molecular flexibility index (Phi) is 3.25. The van der Waals surface area contributed by atoms with Crippen LogP contribution in [0, 0.1) is 25.5 Å². The molecule has 21 heavy (non-hydrogen) atoms. The molecule has 3 rings (SSSR count). The molecule has 3 aromatic rings. The number of fused-ring (bicyclic) bond motifs is 1. The van der Waals surface area contributed by atoms with Crippen LogP contribution in [-0.4, -0.2) is 9.97 Å². The number of hydrogen-bond donors (Lipinski definition) is 1. The Labute approximate surface area is 120 Å². The quantitative estimate of drug-likeness (QED) is 0.764. The summed E-state index contributed by atoms with van der Waals surface area (Å²) in [6.45, 7) is 3.54. The van der Waals surface area contributed by atoms with Crippen molar-refractivity contribution < 1.29 is 8.78 Å². The summed E-state index contributed by atoms with van der Waals surface area (Å²) in [5.74, 6) is -0.695. The van der Waals surface area contributed by atoms with Crippen molar-refractivity contribution >= 4 is 22.4 Å². The van der Waals surface area contributed by atoms with Crippen molar-refractivity contribution in [1.29, 1.82) is 0 Å². The maximum atomic E-state index is 13.6. The van der Waals surface area contributed by atoms with Gasteiger partial charge in [0, 0.05) is 22.7 Å². The summed E-state index contributed by atoms with van der Waals surface area (Å²) in [4.78, 5) is 8.42. The minimum absolute atomic E-state index is 0.343. The molecule has 0 saturated heterocycles. The smallest absolute Gasteiger partial charge is 0.141 e. The number of benzene rings is 2. The normalized spacial score (nSPS) is 10.9. The molecule has 2 aromatic carbocycles. The van der Waals surface area contributed by atoms with Gasteiger partial charge in [-0.05, 0) is 31.5 Å². The van der Waals surface area contributed by atoms with Crippen LogP contribution in [0.4, 0.5) is 20.3 Å². The van der Waals surface area contributed by atoms with Crippen molar-refractivity contribution in [2.24, 2.45) is 0 Å². The number of halogens is 2. The highest BCUT2D eigenvalue weighted by molar-refractivity contribution is 5.92. The standard InChI is InChI=1S/C16H13F2N3/c1-9-4-3-5-12-15(9)19-8-20-16(12)21-14-7-11(17)6-13(18)10(14)2/h3-8H,1-2H3,(H,19,20,21). The second kappa shape index (κ2) is 5.09. The number of hydrogen-bond acceptors (Lipinski definition) is 3. The maximum absolute atomic E-state index is 13.6. The van der Waals surface area contributed by atoms with Crippen molar-refractivity contribution in [2.75, 3.05) is 5.32 Å². The Balaban J connectivity index is 2.13. The van der Waals surface area contributed by atoms with E-state index in [1.807, 2.05) is 25.1 Å². The topological polar surface area (TPSA) is 37.8 Å². The van der Waals surface area contributed by atoms with E-state index in [0.29, 0.717) is 17.1 Å². The summed E-state index contributed by atoms with van der Waals surface area (Å²) < 4.78 is 27.0. The molecule has 0 aliphatic carbocycles. The minimum Gasteiger partial charge on any atom is -0.339 e. The van der Waals surface area contributed by atoms with Gasteiger partial charge < -0.3 is 5.32 Å². The fourth-order valence-corrected chi connectivity index (χ4v) is 2.24. The number of aromatic nitrogens is 2. The summed E-state index contributed by atoms with van der Waals surface area (Å²) in [5, 5.41) is 3.80. The van der Waals surface area contributed by atoms with Crippen molar-refractivity contribution in [2.45, 2.75) is 13.8 Å². The highest BCUT2D eigenvalue weighted by atomic mass is 19.1. The summed E-state index contributed by atoms with van der Waals surface area (Å²) >= 11 is 0. The number of rotatable bonds is 2. The van der Waals surface area contributed by atoms with Crippen LogP contribution >= 0.6 is 0 Å². The predicted molar refractivity (Wildman–Crippen MR) is 78.7 cm³/mol. The van der Waals surface area contributed by atoms with E-state index in [2.05, 4.69) is 15.3 Å². The zero-order chi connectivity index (χ0) is 15.0. The Bertz CT molecular complexity index is 831. The molecule has 0 spiro atoms. The van der Waals surface area contributed by atoms with Crippen molar-refractivity contribution in [3.8, 4) is 0 Å². The molecule has 0 amide bonds. The lowest BCUT2D eigenvalue weighted by atomic mass is 10.1. The van der Waals surface area contributed by atoms with Crippen LogP contribution < -0.4 is 5.32 Å². The summed E-state index contributed by atoms with van der Waals surface area (Å²) in [6.07, 6.45) is 1.43. The number of nitrogens with one attached hydrogen (secondary N) is 1. The van der Waals surface area contributed by atoms with Gasteiger partial charge in [0.2, 0.25) is 0 Å². The van der Waals surface area contributed by atoms with E-state index in [1.54, 1.807) is 6.92 Å². The third-order valence-electron chi connectivity index (χ3n) is 3.43. The molecule has 0 aliphatic heterocycles. The van der Waals surface area contributed by atoms with Gasteiger partial charge in [0.25, 0.3) is 0 Å². The van der Waals surface area contributed by atoms with Crippen LogP contribution in [-0.2, 0) is 0 Å². The van der Waals surface area contributed by atoms with Crippen molar-refractivity contribution in [3.05, 3.63) is 59.4 Å². The van der Waals surface area contributed by atoms with Crippen molar-refractivity contribution in [1.82, 2.24) is 9.97 Å². The van der Waals surface area contributed by atoms with Crippen LogP contribution in [0.1, 0.15) is 11.1 Å². The molecule has 1 heterocycles. The van der Waals surface area contributed by atoms with Gasteiger partial charge in [-0.2, -0.15) is 0 Å². The van der Waals surface area contributed by atoms with E-state index in [1.165, 1.54) is 12.4 Å². The molecule has 1 N–H and O–H groups in total. The Morgan fingerprint density at radius 2 is 1.86 bits per heavy atom. The highest BCUT2D eigenvalue weighted by Gasteiger charge is 2.10. The molecule has 0 atom stereocenters. The third kappa shape index (κ3) is 2.42. The van der Waals surface area contributed by atoms with Gasteiger partial charge in [-0.25, -0.2) is 18.7 Å². The first-order valence-electron chi connectivity index (χ1n) is 6.49. The highest BCUT2D eigenvalue weighted by Crippen LogP contribution is 2.27. The molecule has 0 unspecified atom stereocenters. The van der Waals surface area contributed by atoms with E-state index in [9.17, 15) is 8.78 Å². The molecule has 0 bridgehead atoms. The van der Waals surface area contributed by atoms with Gasteiger partial charge in [-0.15, -0.1) is 0 Å². The van der Waals surface area contributed by atoms with Crippen LogP contribution in [0.5, 0.6) is 0 Å². The fraction of sp³-hybridized carbons (Fsp3) is 0.125. The number of nitrogens with zero attached hydrogens (tertiary/aromatic N) is 2. The lowest BCUT2D eigenvalue weighted by molar-refractivity contribution is 0.578. The van der Waals surface area contributed by atoms with Gasteiger partial charge in [-0.3, -0.25) is 0 Å². The molecule has 0 aliphatic rings. The fourth-order valence-electron chi connectivity index (χ4n) is 2.24. The van der Waals surface area contributed by atoms with E-state index in [4.69, 9.17) is 0 Å². The average Bonchev–Trinajstić information content (AvgIpc) is 2.45. The summed E-state index contributed by atoms with van der Waals surface area (Å²) in [6, 6.07) is 7.83. The minimum atomic E-state index is -0.629. The first kappa shape index (κ1) is 13.4. The van der Waals surface area contributed by atoms with Crippen LogP contribution in [0.25, 0.3) is 10.9 Å². The lowest BCUT2D eigenvalue weighted by Crippen LogP contribution is -2.00. The zero-order valence-electron chi connectivity index (χ0n) is 11.6. The molecule has 5 heteroatoms. The van der Waals surface area contributed by atoms with Gasteiger partial charge in [0.05, 0.1) is 5.52 Å². The second-order valence-corrected chi connectivity index (χ2v) is 4.88. The van der Waals surface area contributed by atoms with Gasteiger partial charge >= 0.3 is 0 Å².